The Morgan fingerprint density at radius 1 is 1.20 bits per heavy atom. The highest BCUT2D eigenvalue weighted by Gasteiger charge is 2.54. The number of fused-ring (bicyclic) bond motifs is 1. The van der Waals surface area contributed by atoms with Crippen molar-refractivity contribution in [3.63, 3.8) is 0 Å². The third-order valence-corrected chi connectivity index (χ3v) is 8.16. The highest BCUT2D eigenvalue weighted by Crippen LogP contribution is 2.40. The highest BCUT2D eigenvalue weighted by molar-refractivity contribution is 5.97. The van der Waals surface area contributed by atoms with E-state index < -0.39 is 35.9 Å². The first-order chi connectivity index (χ1) is 19.7. The molecule has 12 heteroatoms. The molecule has 11 nitrogen and oxygen atoms in total. The number of rotatable bonds is 9. The van der Waals surface area contributed by atoms with Crippen LogP contribution in [0.1, 0.15) is 56.7 Å². The van der Waals surface area contributed by atoms with Crippen LogP contribution in [0.5, 0.6) is 0 Å². The van der Waals surface area contributed by atoms with Gasteiger partial charge in [0.1, 0.15) is 48.2 Å². The van der Waals surface area contributed by atoms with Crippen LogP contribution in [0.15, 0.2) is 42.7 Å². The maximum absolute atomic E-state index is 13.2. The topological polar surface area (TPSA) is 161 Å². The predicted octanol–water partition coefficient (Wildman–Crippen LogP) is 2.23. The van der Waals surface area contributed by atoms with E-state index in [0.717, 1.165) is 25.7 Å². The molecule has 1 aromatic carbocycles. The Balaban J connectivity index is 1.26. The second-order valence-corrected chi connectivity index (χ2v) is 11.1. The summed E-state index contributed by atoms with van der Waals surface area (Å²) in [6.45, 7) is 1.43. The monoisotopic (exact) mass is 569 g/mol. The molecule has 2 aliphatic rings. The van der Waals surface area contributed by atoms with E-state index in [1.807, 2.05) is 0 Å². The summed E-state index contributed by atoms with van der Waals surface area (Å²) in [5.74, 6) is -0.698. The van der Waals surface area contributed by atoms with Gasteiger partial charge in [-0.25, -0.2) is 13.9 Å². The Bertz CT molecular complexity index is 1380. The summed E-state index contributed by atoms with van der Waals surface area (Å²) in [5.41, 5.74) is 6.21. The van der Waals surface area contributed by atoms with E-state index in [4.69, 9.17) is 15.2 Å². The van der Waals surface area contributed by atoms with Crippen molar-refractivity contribution in [3.05, 3.63) is 59.8 Å². The Morgan fingerprint density at radius 3 is 2.66 bits per heavy atom. The fourth-order valence-electron chi connectivity index (χ4n) is 5.77. The standard InChI is InChI=1S/C29H36FN5O6/c1-29(26(38)25(37)22(41-29)15-40-24(36)14-17-5-3-2-4-6-17)23-12-11-21-27(32-16-33-35(21)23)34-28(39)20(31)13-18-7-9-19(30)10-8-18/h7-12,16-17,20,22,25-26,37-38H,2-6,13-15,31H2,1H3,(H,32,33,34,39)/t20-,22+,25+,26+,29-/m0/s1. The fourth-order valence-corrected chi connectivity index (χ4v) is 5.77. The molecule has 5 atom stereocenters. The minimum atomic E-state index is -1.40. The zero-order chi connectivity index (χ0) is 29.1. The lowest BCUT2D eigenvalue weighted by molar-refractivity contribution is -0.153. The molecule has 1 saturated heterocycles. The quantitative estimate of drug-likeness (QED) is 0.283. The lowest BCUT2D eigenvalue weighted by Crippen LogP contribution is -2.40. The molecule has 1 aliphatic carbocycles. The van der Waals surface area contributed by atoms with Crippen molar-refractivity contribution in [3.8, 4) is 0 Å². The van der Waals surface area contributed by atoms with Crippen molar-refractivity contribution < 1.29 is 33.7 Å². The molecule has 41 heavy (non-hydrogen) atoms. The number of nitrogens with two attached hydrogens (primary N) is 1. The van der Waals surface area contributed by atoms with Crippen LogP contribution in [0.4, 0.5) is 10.2 Å². The van der Waals surface area contributed by atoms with Gasteiger partial charge in [0.25, 0.3) is 0 Å². The van der Waals surface area contributed by atoms with Gasteiger partial charge in [-0.05, 0) is 61.9 Å². The van der Waals surface area contributed by atoms with Gasteiger partial charge >= 0.3 is 5.97 Å². The number of aliphatic hydroxyl groups is 2. The molecular weight excluding hydrogens is 533 g/mol. The van der Waals surface area contributed by atoms with E-state index in [2.05, 4.69) is 15.4 Å². The molecule has 220 valence electrons. The number of carbonyl (C=O) groups is 2. The molecule has 1 aliphatic heterocycles. The van der Waals surface area contributed by atoms with E-state index in [1.165, 1.54) is 29.4 Å². The summed E-state index contributed by atoms with van der Waals surface area (Å²) >= 11 is 0. The minimum Gasteiger partial charge on any atom is -0.463 e. The number of benzene rings is 1. The molecule has 5 rings (SSSR count). The number of anilines is 1. The largest absolute Gasteiger partial charge is 0.463 e. The molecule has 5 N–H and O–H groups in total. The molecule has 3 aromatic rings. The van der Waals surface area contributed by atoms with Crippen LogP contribution < -0.4 is 11.1 Å². The average Bonchev–Trinajstić information content (AvgIpc) is 3.50. The van der Waals surface area contributed by atoms with Crippen LogP contribution in [-0.4, -0.2) is 67.6 Å². The van der Waals surface area contributed by atoms with Gasteiger partial charge in [-0.2, -0.15) is 5.10 Å². The number of esters is 1. The average molecular weight is 570 g/mol. The number of ether oxygens (including phenoxy) is 2. The first-order valence-corrected chi connectivity index (χ1v) is 14.0. The van der Waals surface area contributed by atoms with Crippen LogP contribution in [0.2, 0.25) is 0 Å². The summed E-state index contributed by atoms with van der Waals surface area (Å²) < 4.78 is 26.2. The maximum atomic E-state index is 13.2. The predicted molar refractivity (Wildman–Crippen MR) is 146 cm³/mol. The first kappa shape index (κ1) is 29.1. The van der Waals surface area contributed by atoms with Crippen molar-refractivity contribution in [2.75, 3.05) is 11.9 Å². The van der Waals surface area contributed by atoms with E-state index >= 15 is 0 Å². The second-order valence-electron chi connectivity index (χ2n) is 11.1. The summed E-state index contributed by atoms with van der Waals surface area (Å²) in [7, 11) is 0. The Hall–Kier alpha value is -3.45. The van der Waals surface area contributed by atoms with E-state index in [1.54, 1.807) is 31.2 Å². The van der Waals surface area contributed by atoms with Gasteiger partial charge in [0.2, 0.25) is 5.91 Å². The van der Waals surface area contributed by atoms with Crippen LogP contribution in [0, 0.1) is 11.7 Å². The molecule has 3 heterocycles. The van der Waals surface area contributed by atoms with Gasteiger partial charge in [0, 0.05) is 6.42 Å². The number of hydrogen-bond acceptors (Lipinski definition) is 9. The number of amides is 1. The number of hydrogen-bond donors (Lipinski definition) is 4. The van der Waals surface area contributed by atoms with Crippen molar-refractivity contribution in [1.29, 1.82) is 0 Å². The fraction of sp³-hybridized carbons (Fsp3) is 0.517. The highest BCUT2D eigenvalue weighted by atomic mass is 19.1. The zero-order valence-electron chi connectivity index (χ0n) is 22.9. The minimum absolute atomic E-state index is 0.190. The number of aliphatic hydroxyl groups excluding tert-OH is 2. The Morgan fingerprint density at radius 2 is 1.93 bits per heavy atom. The number of nitrogens with zero attached hydrogens (tertiary/aromatic N) is 3. The number of aromatic nitrogens is 3. The van der Waals surface area contributed by atoms with Gasteiger partial charge in [0.05, 0.1) is 11.7 Å². The smallest absolute Gasteiger partial charge is 0.306 e. The van der Waals surface area contributed by atoms with E-state index in [9.17, 15) is 24.2 Å². The third kappa shape index (κ3) is 6.25. The van der Waals surface area contributed by atoms with Crippen molar-refractivity contribution in [2.45, 2.75) is 81.8 Å². The molecule has 2 aromatic heterocycles. The summed E-state index contributed by atoms with van der Waals surface area (Å²) in [5, 5.41) is 28.8. The Kier molecular flexibility index (Phi) is 8.64. The lowest BCUT2D eigenvalue weighted by Gasteiger charge is -2.27. The Labute approximate surface area is 236 Å². The summed E-state index contributed by atoms with van der Waals surface area (Å²) in [4.78, 5) is 29.4. The first-order valence-electron chi connectivity index (χ1n) is 14.0. The van der Waals surface area contributed by atoms with Crippen LogP contribution in [0.3, 0.4) is 0 Å². The molecule has 2 fully saturated rings. The lowest BCUT2D eigenvalue weighted by atomic mass is 9.87. The molecule has 0 radical (unpaired) electrons. The third-order valence-electron chi connectivity index (χ3n) is 8.16. The van der Waals surface area contributed by atoms with Gasteiger partial charge in [0.15, 0.2) is 5.82 Å². The molecule has 1 saturated carbocycles. The molecule has 0 spiro atoms. The van der Waals surface area contributed by atoms with Gasteiger partial charge in [-0.1, -0.05) is 31.4 Å². The molecule has 1 amide bonds. The van der Waals surface area contributed by atoms with Crippen molar-refractivity contribution in [1.82, 2.24) is 14.6 Å². The van der Waals surface area contributed by atoms with Crippen LogP contribution >= 0.6 is 0 Å². The van der Waals surface area contributed by atoms with Crippen LogP contribution in [-0.2, 0) is 31.1 Å². The molecule has 0 bridgehead atoms. The second kappa shape index (κ2) is 12.2. The molecular formula is C29H36FN5O6. The SMILES string of the molecule is C[C@@]1(c2ccc3c(NC(=O)[C@@H](N)Cc4ccc(F)cc4)ncnn23)O[C@H](COC(=O)CC2CCCCC2)[C@@H](O)[C@H]1O. The number of halogens is 1. The van der Waals surface area contributed by atoms with Gasteiger partial charge in [-0.15, -0.1) is 0 Å². The maximum Gasteiger partial charge on any atom is 0.306 e. The van der Waals surface area contributed by atoms with E-state index in [-0.39, 0.29) is 30.6 Å². The van der Waals surface area contributed by atoms with Gasteiger partial charge in [-0.3, -0.25) is 9.59 Å². The number of carbonyl (C=O) groups excluding carboxylic acids is 2. The van der Waals surface area contributed by atoms with E-state index in [0.29, 0.717) is 29.1 Å². The summed E-state index contributed by atoms with van der Waals surface area (Å²) in [6, 6.07) is 8.14. The molecule has 0 unspecified atom stereocenters. The van der Waals surface area contributed by atoms with Gasteiger partial charge < -0.3 is 30.7 Å². The van der Waals surface area contributed by atoms with Crippen molar-refractivity contribution >= 4 is 23.2 Å². The van der Waals surface area contributed by atoms with Crippen LogP contribution in [0.25, 0.3) is 5.52 Å². The zero-order valence-corrected chi connectivity index (χ0v) is 22.9. The normalized spacial score (nSPS) is 25.7. The summed E-state index contributed by atoms with van der Waals surface area (Å²) in [6.07, 6.45) is 3.64. The van der Waals surface area contributed by atoms with Crippen molar-refractivity contribution in [2.24, 2.45) is 11.7 Å². The number of nitrogens with one attached hydrogen (secondary N) is 1.